The van der Waals surface area contributed by atoms with Crippen molar-refractivity contribution in [2.24, 2.45) is 0 Å². The minimum atomic E-state index is -0.895. The van der Waals surface area contributed by atoms with Gasteiger partial charge in [-0.3, -0.25) is 9.59 Å². The second kappa shape index (κ2) is 7.27. The molecule has 0 spiro atoms. The van der Waals surface area contributed by atoms with Crippen LogP contribution in [-0.2, 0) is 16.1 Å². The number of carbonyl (C=O) groups excluding carboxylic acids is 1. The van der Waals surface area contributed by atoms with Crippen LogP contribution in [-0.4, -0.2) is 52.3 Å². The third kappa shape index (κ3) is 3.39. The van der Waals surface area contributed by atoms with Crippen molar-refractivity contribution in [3.05, 3.63) is 36.0 Å². The van der Waals surface area contributed by atoms with Crippen molar-refractivity contribution in [2.75, 3.05) is 13.7 Å². The molecule has 0 bridgehead atoms. The lowest BCUT2D eigenvalue weighted by molar-refractivity contribution is -0.138. The van der Waals surface area contributed by atoms with Crippen LogP contribution in [0, 0.1) is 0 Å². The van der Waals surface area contributed by atoms with Gasteiger partial charge in [0.2, 0.25) is 0 Å². The number of aryl methyl sites for hydroxylation is 1. The number of hydrogen-bond donors (Lipinski definition) is 1. The average Bonchev–Trinajstić information content (AvgIpc) is 3.16. The minimum Gasteiger partial charge on any atom is -0.481 e. The quantitative estimate of drug-likeness (QED) is 0.875. The largest absolute Gasteiger partial charge is 0.481 e. The standard InChI is InChI=1S/C19H24N2O4/c1-3-8-20-16-7-5-4-6-13(16)9-17(20)19(24)21-12-15(25-2)10-14(21)11-18(22)23/h4-7,9,14-15H,3,8,10-12H2,1-2H3,(H,22,23). The molecule has 1 saturated heterocycles. The van der Waals surface area contributed by atoms with Crippen LogP contribution in [0.1, 0.15) is 36.7 Å². The number of benzene rings is 1. The smallest absolute Gasteiger partial charge is 0.305 e. The lowest BCUT2D eigenvalue weighted by Crippen LogP contribution is -2.38. The van der Waals surface area contributed by atoms with Crippen molar-refractivity contribution >= 4 is 22.8 Å². The van der Waals surface area contributed by atoms with Gasteiger partial charge in [0.1, 0.15) is 5.69 Å². The van der Waals surface area contributed by atoms with Gasteiger partial charge in [-0.1, -0.05) is 25.1 Å². The van der Waals surface area contributed by atoms with Gasteiger partial charge in [-0.15, -0.1) is 0 Å². The molecule has 6 nitrogen and oxygen atoms in total. The van der Waals surface area contributed by atoms with Crippen LogP contribution in [0.15, 0.2) is 30.3 Å². The van der Waals surface area contributed by atoms with E-state index in [9.17, 15) is 14.7 Å². The molecule has 1 aromatic carbocycles. The molecule has 1 aliphatic rings. The van der Waals surface area contributed by atoms with E-state index in [0.717, 1.165) is 23.9 Å². The van der Waals surface area contributed by atoms with Gasteiger partial charge in [-0.25, -0.2) is 0 Å². The van der Waals surface area contributed by atoms with Crippen LogP contribution in [0.4, 0.5) is 0 Å². The number of carboxylic acid groups (broad SMARTS) is 1. The number of fused-ring (bicyclic) bond motifs is 1. The Bertz CT molecular complexity index is 783. The van der Waals surface area contributed by atoms with Crippen molar-refractivity contribution in [3.63, 3.8) is 0 Å². The first-order chi connectivity index (χ1) is 12.0. The van der Waals surface area contributed by atoms with E-state index in [1.807, 2.05) is 34.9 Å². The van der Waals surface area contributed by atoms with Crippen molar-refractivity contribution in [3.8, 4) is 0 Å². The zero-order chi connectivity index (χ0) is 18.0. The molecule has 2 unspecified atom stereocenters. The molecular formula is C19H24N2O4. The summed E-state index contributed by atoms with van der Waals surface area (Å²) in [6.45, 7) is 3.26. The predicted octanol–water partition coefficient (Wildman–Crippen LogP) is 2.76. The lowest BCUT2D eigenvalue weighted by Gasteiger charge is -2.24. The molecule has 3 rings (SSSR count). The first kappa shape index (κ1) is 17.5. The number of methoxy groups -OCH3 is 1. The molecule has 1 aliphatic heterocycles. The highest BCUT2D eigenvalue weighted by Gasteiger charge is 2.37. The normalized spacial score (nSPS) is 20.3. The SMILES string of the molecule is CCCn1c(C(=O)N2CC(OC)CC2CC(=O)O)cc2ccccc21. The molecule has 2 heterocycles. The molecule has 2 atom stereocenters. The van der Waals surface area contributed by atoms with E-state index in [2.05, 4.69) is 6.92 Å². The lowest BCUT2D eigenvalue weighted by atomic mass is 10.1. The summed E-state index contributed by atoms with van der Waals surface area (Å²) < 4.78 is 7.42. The molecule has 1 N–H and O–H groups in total. The highest BCUT2D eigenvalue weighted by molar-refractivity contribution is 5.99. The number of carboxylic acids is 1. The number of hydrogen-bond acceptors (Lipinski definition) is 3. The Labute approximate surface area is 147 Å². The molecule has 1 fully saturated rings. The van der Waals surface area contributed by atoms with Crippen molar-refractivity contribution in [1.29, 1.82) is 0 Å². The predicted molar refractivity (Wildman–Crippen MR) is 94.7 cm³/mol. The van der Waals surface area contributed by atoms with Crippen LogP contribution in [0.3, 0.4) is 0 Å². The Balaban J connectivity index is 1.97. The van der Waals surface area contributed by atoms with E-state index < -0.39 is 5.97 Å². The number of carbonyl (C=O) groups is 2. The second-order valence-corrected chi connectivity index (χ2v) is 6.54. The summed E-state index contributed by atoms with van der Waals surface area (Å²) in [6.07, 6.45) is 1.30. The highest BCUT2D eigenvalue weighted by atomic mass is 16.5. The molecule has 2 aromatic rings. The van der Waals surface area contributed by atoms with Gasteiger partial charge in [0.25, 0.3) is 5.91 Å². The van der Waals surface area contributed by atoms with E-state index in [-0.39, 0.29) is 24.5 Å². The first-order valence-corrected chi connectivity index (χ1v) is 8.69. The summed E-state index contributed by atoms with van der Waals surface area (Å²) in [5, 5.41) is 10.2. The van der Waals surface area contributed by atoms with E-state index in [0.29, 0.717) is 18.7 Å². The second-order valence-electron chi connectivity index (χ2n) is 6.54. The van der Waals surface area contributed by atoms with Crippen LogP contribution >= 0.6 is 0 Å². The Morgan fingerprint density at radius 1 is 1.32 bits per heavy atom. The van der Waals surface area contributed by atoms with Crippen molar-refractivity contribution in [1.82, 2.24) is 9.47 Å². The number of para-hydroxylation sites is 1. The summed E-state index contributed by atoms with van der Waals surface area (Å²) in [5.41, 5.74) is 1.65. The van der Waals surface area contributed by atoms with Gasteiger partial charge in [0, 0.05) is 37.1 Å². The van der Waals surface area contributed by atoms with Gasteiger partial charge in [-0.05, 0) is 25.0 Å². The maximum absolute atomic E-state index is 13.2. The first-order valence-electron chi connectivity index (χ1n) is 8.69. The maximum atomic E-state index is 13.2. The molecule has 0 radical (unpaired) electrons. The molecule has 1 amide bonds. The summed E-state index contributed by atoms with van der Waals surface area (Å²) in [4.78, 5) is 26.1. The van der Waals surface area contributed by atoms with Gasteiger partial charge < -0.3 is 19.3 Å². The number of rotatable bonds is 6. The number of ether oxygens (including phenoxy) is 1. The minimum absolute atomic E-state index is 0.0559. The van der Waals surface area contributed by atoms with Crippen molar-refractivity contribution < 1.29 is 19.4 Å². The molecule has 6 heteroatoms. The Kier molecular flexibility index (Phi) is 5.08. The number of aliphatic carboxylic acids is 1. The van der Waals surface area contributed by atoms with E-state index in [1.165, 1.54) is 0 Å². The summed E-state index contributed by atoms with van der Waals surface area (Å²) >= 11 is 0. The zero-order valence-corrected chi connectivity index (χ0v) is 14.6. The topological polar surface area (TPSA) is 71.8 Å². The molecule has 0 saturated carbocycles. The summed E-state index contributed by atoms with van der Waals surface area (Å²) in [7, 11) is 1.60. The number of nitrogens with zero attached hydrogens (tertiary/aromatic N) is 2. The van der Waals surface area contributed by atoms with E-state index >= 15 is 0 Å². The number of amides is 1. The molecule has 1 aromatic heterocycles. The molecular weight excluding hydrogens is 320 g/mol. The van der Waals surface area contributed by atoms with Gasteiger partial charge in [0.05, 0.1) is 12.5 Å². The number of aromatic nitrogens is 1. The third-order valence-corrected chi connectivity index (χ3v) is 4.86. The Morgan fingerprint density at radius 3 is 2.76 bits per heavy atom. The summed E-state index contributed by atoms with van der Waals surface area (Å²) in [5.74, 6) is -1.01. The molecule has 134 valence electrons. The average molecular weight is 344 g/mol. The zero-order valence-electron chi connectivity index (χ0n) is 14.6. The van der Waals surface area contributed by atoms with Crippen LogP contribution in [0.2, 0.25) is 0 Å². The van der Waals surface area contributed by atoms with Crippen molar-refractivity contribution in [2.45, 2.75) is 44.9 Å². The van der Waals surface area contributed by atoms with Gasteiger partial charge in [0.15, 0.2) is 0 Å². The highest BCUT2D eigenvalue weighted by Crippen LogP contribution is 2.27. The Hall–Kier alpha value is -2.34. The van der Waals surface area contributed by atoms with Crippen LogP contribution < -0.4 is 0 Å². The maximum Gasteiger partial charge on any atom is 0.305 e. The number of likely N-dealkylation sites (tertiary alicyclic amines) is 1. The van der Waals surface area contributed by atoms with E-state index in [1.54, 1.807) is 12.0 Å². The molecule has 25 heavy (non-hydrogen) atoms. The molecule has 0 aliphatic carbocycles. The fourth-order valence-electron chi connectivity index (χ4n) is 3.69. The van der Waals surface area contributed by atoms with E-state index in [4.69, 9.17) is 4.74 Å². The fraction of sp³-hybridized carbons (Fsp3) is 0.474. The van der Waals surface area contributed by atoms with Crippen LogP contribution in [0.5, 0.6) is 0 Å². The van der Waals surface area contributed by atoms with Crippen LogP contribution in [0.25, 0.3) is 10.9 Å². The van der Waals surface area contributed by atoms with Gasteiger partial charge >= 0.3 is 5.97 Å². The van der Waals surface area contributed by atoms with Gasteiger partial charge in [-0.2, -0.15) is 0 Å². The Morgan fingerprint density at radius 2 is 2.08 bits per heavy atom. The summed E-state index contributed by atoms with van der Waals surface area (Å²) in [6, 6.07) is 9.51. The monoisotopic (exact) mass is 344 g/mol. The fourth-order valence-corrected chi connectivity index (χ4v) is 3.69. The third-order valence-electron chi connectivity index (χ3n) is 4.86.